The molecular weight excluding hydrogens is 254 g/mol. The topological polar surface area (TPSA) is 12.0 Å². The van der Waals surface area contributed by atoms with E-state index in [9.17, 15) is 0 Å². The van der Waals surface area contributed by atoms with Gasteiger partial charge in [0.15, 0.2) is 0 Å². The van der Waals surface area contributed by atoms with Crippen molar-refractivity contribution in [2.75, 3.05) is 7.05 Å². The molecule has 2 aliphatic rings. The quantitative estimate of drug-likeness (QED) is 0.848. The van der Waals surface area contributed by atoms with E-state index in [0.717, 1.165) is 22.8 Å². The van der Waals surface area contributed by atoms with Crippen LogP contribution in [0.3, 0.4) is 0 Å². The normalized spacial score (nSPS) is 30.8. The number of hydrogen-bond donors (Lipinski definition) is 1. The van der Waals surface area contributed by atoms with Crippen LogP contribution in [0.2, 0.25) is 5.02 Å². The minimum atomic E-state index is 0.444. The molecule has 1 N–H and O–H groups in total. The van der Waals surface area contributed by atoms with E-state index in [4.69, 9.17) is 11.6 Å². The van der Waals surface area contributed by atoms with Crippen molar-refractivity contribution in [2.45, 2.75) is 45.6 Å². The predicted octanol–water partition coefficient (Wildman–Crippen LogP) is 4.65. The van der Waals surface area contributed by atoms with Crippen LogP contribution in [-0.2, 0) is 0 Å². The summed E-state index contributed by atoms with van der Waals surface area (Å²) in [4.78, 5) is 0. The van der Waals surface area contributed by atoms with Crippen molar-refractivity contribution in [3.8, 4) is 0 Å². The van der Waals surface area contributed by atoms with Crippen LogP contribution in [0.1, 0.15) is 48.4 Å². The van der Waals surface area contributed by atoms with Gasteiger partial charge in [-0.05, 0) is 74.2 Å². The molecule has 0 heterocycles. The van der Waals surface area contributed by atoms with Gasteiger partial charge in [-0.2, -0.15) is 0 Å². The van der Waals surface area contributed by atoms with Gasteiger partial charge >= 0.3 is 0 Å². The highest BCUT2D eigenvalue weighted by molar-refractivity contribution is 6.31. The summed E-state index contributed by atoms with van der Waals surface area (Å²) in [6.45, 7) is 4.32. The van der Waals surface area contributed by atoms with E-state index >= 15 is 0 Å². The first-order valence-electron chi connectivity index (χ1n) is 7.57. The third-order valence-corrected chi connectivity index (χ3v) is 5.69. The molecule has 19 heavy (non-hydrogen) atoms. The van der Waals surface area contributed by atoms with E-state index in [0.29, 0.717) is 6.04 Å². The molecule has 1 nitrogen and oxygen atoms in total. The number of aryl methyl sites for hydroxylation is 2. The van der Waals surface area contributed by atoms with Gasteiger partial charge < -0.3 is 5.32 Å². The second-order valence-corrected chi connectivity index (χ2v) is 6.82. The third kappa shape index (κ3) is 2.32. The fraction of sp³-hybridized carbons (Fsp3) is 0.647. The van der Waals surface area contributed by atoms with Gasteiger partial charge in [-0.15, -0.1) is 0 Å². The van der Waals surface area contributed by atoms with Crippen molar-refractivity contribution in [1.82, 2.24) is 5.32 Å². The number of halogens is 1. The van der Waals surface area contributed by atoms with Crippen molar-refractivity contribution in [1.29, 1.82) is 0 Å². The van der Waals surface area contributed by atoms with Crippen molar-refractivity contribution >= 4 is 11.6 Å². The van der Waals surface area contributed by atoms with E-state index in [1.165, 1.54) is 42.4 Å². The standard InChI is InChI=1S/C17H24ClN/c1-10-8-14(15(18)9-11(10)2)17(19-3)16-12-6-4-5-7-13(12)16/h8-9,12-13,16-17,19H,4-7H2,1-3H3. The minimum absolute atomic E-state index is 0.444. The molecule has 2 heteroatoms. The second-order valence-electron chi connectivity index (χ2n) is 6.41. The molecule has 1 aromatic carbocycles. The van der Waals surface area contributed by atoms with E-state index in [1.807, 2.05) is 0 Å². The summed E-state index contributed by atoms with van der Waals surface area (Å²) < 4.78 is 0. The number of fused-ring (bicyclic) bond motifs is 1. The summed E-state index contributed by atoms with van der Waals surface area (Å²) in [5.74, 6) is 2.71. The average Bonchev–Trinajstić information content (AvgIpc) is 3.11. The van der Waals surface area contributed by atoms with Crippen molar-refractivity contribution in [3.05, 3.63) is 33.8 Å². The van der Waals surface area contributed by atoms with Crippen LogP contribution in [0.4, 0.5) is 0 Å². The first kappa shape index (κ1) is 13.5. The largest absolute Gasteiger partial charge is 0.313 e. The highest BCUT2D eigenvalue weighted by Gasteiger charge is 2.54. The maximum atomic E-state index is 6.50. The van der Waals surface area contributed by atoms with Crippen LogP contribution >= 0.6 is 11.6 Å². The molecule has 0 saturated heterocycles. The molecule has 0 bridgehead atoms. The van der Waals surface area contributed by atoms with E-state index in [2.05, 4.69) is 38.3 Å². The van der Waals surface area contributed by atoms with Crippen LogP contribution in [-0.4, -0.2) is 7.05 Å². The van der Waals surface area contributed by atoms with Crippen LogP contribution in [0, 0.1) is 31.6 Å². The predicted molar refractivity (Wildman–Crippen MR) is 81.7 cm³/mol. The molecule has 3 atom stereocenters. The molecule has 3 unspecified atom stereocenters. The lowest BCUT2D eigenvalue weighted by Crippen LogP contribution is -2.20. The van der Waals surface area contributed by atoms with Crippen molar-refractivity contribution in [2.24, 2.45) is 17.8 Å². The zero-order valence-corrected chi connectivity index (χ0v) is 12.9. The lowest BCUT2D eigenvalue weighted by Gasteiger charge is -2.20. The van der Waals surface area contributed by atoms with Crippen molar-refractivity contribution < 1.29 is 0 Å². The molecule has 2 aliphatic carbocycles. The maximum Gasteiger partial charge on any atom is 0.0456 e. The Morgan fingerprint density at radius 3 is 2.26 bits per heavy atom. The Bertz CT molecular complexity index is 470. The Labute approximate surface area is 121 Å². The van der Waals surface area contributed by atoms with Crippen LogP contribution in [0.15, 0.2) is 12.1 Å². The van der Waals surface area contributed by atoms with E-state index < -0.39 is 0 Å². The molecule has 104 valence electrons. The Morgan fingerprint density at radius 2 is 1.68 bits per heavy atom. The van der Waals surface area contributed by atoms with Crippen molar-refractivity contribution in [3.63, 3.8) is 0 Å². The molecular formula is C17H24ClN. The summed E-state index contributed by atoms with van der Waals surface area (Å²) in [5, 5.41) is 4.48. The monoisotopic (exact) mass is 277 g/mol. The molecule has 2 saturated carbocycles. The SMILES string of the molecule is CNC(c1cc(C)c(C)cc1Cl)C1C2CCCCC21. The summed E-state index contributed by atoms with van der Waals surface area (Å²) in [7, 11) is 2.08. The summed E-state index contributed by atoms with van der Waals surface area (Å²) in [5.41, 5.74) is 3.95. The molecule has 0 aliphatic heterocycles. The van der Waals surface area contributed by atoms with Gasteiger partial charge in [0, 0.05) is 11.1 Å². The van der Waals surface area contributed by atoms with Crippen LogP contribution in [0.5, 0.6) is 0 Å². The molecule has 0 radical (unpaired) electrons. The fourth-order valence-corrected chi connectivity index (χ4v) is 4.47. The highest BCUT2D eigenvalue weighted by Crippen LogP contribution is 2.60. The Balaban J connectivity index is 1.89. The van der Waals surface area contributed by atoms with E-state index in [-0.39, 0.29) is 0 Å². The zero-order valence-electron chi connectivity index (χ0n) is 12.2. The molecule has 3 rings (SSSR count). The van der Waals surface area contributed by atoms with Gasteiger partial charge in [0.2, 0.25) is 0 Å². The van der Waals surface area contributed by atoms with Gasteiger partial charge in [0.25, 0.3) is 0 Å². The number of nitrogens with one attached hydrogen (secondary N) is 1. The average molecular weight is 278 g/mol. The van der Waals surface area contributed by atoms with Gasteiger partial charge in [-0.1, -0.05) is 30.5 Å². The van der Waals surface area contributed by atoms with Gasteiger partial charge in [0.05, 0.1) is 0 Å². The molecule has 0 aromatic heterocycles. The van der Waals surface area contributed by atoms with Gasteiger partial charge in [-0.25, -0.2) is 0 Å². The fourth-order valence-electron chi connectivity index (χ4n) is 4.14. The molecule has 0 spiro atoms. The maximum absolute atomic E-state index is 6.50. The van der Waals surface area contributed by atoms with E-state index in [1.54, 1.807) is 0 Å². The smallest absolute Gasteiger partial charge is 0.0456 e. The lowest BCUT2D eigenvalue weighted by molar-refractivity contribution is 0.480. The Morgan fingerprint density at radius 1 is 1.11 bits per heavy atom. The number of hydrogen-bond acceptors (Lipinski definition) is 1. The van der Waals surface area contributed by atoms with Gasteiger partial charge in [-0.3, -0.25) is 0 Å². The molecule has 0 amide bonds. The lowest BCUT2D eigenvalue weighted by atomic mass is 9.96. The second kappa shape index (κ2) is 5.10. The minimum Gasteiger partial charge on any atom is -0.313 e. The first-order valence-corrected chi connectivity index (χ1v) is 7.95. The Kier molecular flexibility index (Phi) is 3.61. The zero-order chi connectivity index (χ0) is 13.6. The van der Waals surface area contributed by atoms with Gasteiger partial charge in [0.1, 0.15) is 0 Å². The number of rotatable bonds is 3. The molecule has 1 aromatic rings. The summed E-state index contributed by atoms with van der Waals surface area (Å²) in [6, 6.07) is 4.87. The molecule has 2 fully saturated rings. The summed E-state index contributed by atoms with van der Waals surface area (Å²) in [6.07, 6.45) is 5.70. The first-order chi connectivity index (χ1) is 9.13. The van der Waals surface area contributed by atoms with Crippen LogP contribution in [0.25, 0.3) is 0 Å². The number of benzene rings is 1. The highest BCUT2D eigenvalue weighted by atomic mass is 35.5. The Hall–Kier alpha value is -0.530. The third-order valence-electron chi connectivity index (χ3n) is 5.37. The summed E-state index contributed by atoms with van der Waals surface area (Å²) >= 11 is 6.50. The van der Waals surface area contributed by atoms with Crippen LogP contribution < -0.4 is 5.32 Å².